The highest BCUT2D eigenvalue weighted by molar-refractivity contribution is 5.42. The first-order valence-electron chi connectivity index (χ1n) is 4.42. The molecule has 0 bridgehead atoms. The molecule has 4 N–H and O–H groups in total. The number of nitrogens with two attached hydrogens (primary N) is 1. The Morgan fingerprint density at radius 3 is 2.71 bits per heavy atom. The van der Waals surface area contributed by atoms with E-state index in [-0.39, 0.29) is 17.9 Å². The van der Waals surface area contributed by atoms with Crippen molar-refractivity contribution in [1.82, 2.24) is 0 Å². The number of benzene rings is 1. The third kappa shape index (κ3) is 2.02. The lowest BCUT2D eigenvalue weighted by Gasteiger charge is -2.13. The van der Waals surface area contributed by atoms with Gasteiger partial charge >= 0.3 is 0 Å². The van der Waals surface area contributed by atoms with Crippen LogP contribution < -0.4 is 5.73 Å². The lowest BCUT2D eigenvalue weighted by Crippen LogP contribution is -2.12. The summed E-state index contributed by atoms with van der Waals surface area (Å²) in [5.41, 5.74) is 6.34. The van der Waals surface area contributed by atoms with Crippen LogP contribution in [0.15, 0.2) is 12.1 Å². The van der Waals surface area contributed by atoms with Gasteiger partial charge in [0.25, 0.3) is 0 Å². The van der Waals surface area contributed by atoms with Crippen molar-refractivity contribution in [3.63, 3.8) is 0 Å². The average Bonchev–Trinajstić information content (AvgIpc) is 2.15. The molecule has 0 aromatic heterocycles. The highest BCUT2D eigenvalue weighted by Crippen LogP contribution is 2.29. The van der Waals surface area contributed by atoms with Crippen LogP contribution >= 0.6 is 0 Å². The first kappa shape index (κ1) is 10.9. The second kappa shape index (κ2) is 4.39. The summed E-state index contributed by atoms with van der Waals surface area (Å²) in [4.78, 5) is 0. The highest BCUT2D eigenvalue weighted by atomic mass is 19.1. The van der Waals surface area contributed by atoms with Crippen molar-refractivity contribution in [3.05, 3.63) is 29.1 Å². The summed E-state index contributed by atoms with van der Waals surface area (Å²) in [6.45, 7) is 1.43. The molecule has 0 amide bonds. The first-order valence-corrected chi connectivity index (χ1v) is 4.42. The number of phenols is 1. The van der Waals surface area contributed by atoms with Crippen molar-refractivity contribution >= 4 is 0 Å². The van der Waals surface area contributed by atoms with Gasteiger partial charge in [-0.2, -0.15) is 0 Å². The van der Waals surface area contributed by atoms with Crippen LogP contribution in [0.5, 0.6) is 5.75 Å². The average molecular weight is 199 g/mol. The Kier molecular flexibility index (Phi) is 3.43. The normalized spacial score (nSPS) is 12.9. The molecule has 0 heterocycles. The summed E-state index contributed by atoms with van der Waals surface area (Å²) in [5.74, 6) is -0.576. The van der Waals surface area contributed by atoms with Gasteiger partial charge in [0.1, 0.15) is 11.6 Å². The maximum Gasteiger partial charge on any atom is 0.129 e. The molecule has 0 spiro atoms. The Hall–Kier alpha value is -1.13. The molecule has 0 aliphatic rings. The molecule has 1 rings (SSSR count). The van der Waals surface area contributed by atoms with Gasteiger partial charge in [-0.3, -0.25) is 0 Å². The summed E-state index contributed by atoms with van der Waals surface area (Å²) in [6.07, 6.45) is 0.346. The third-order valence-electron chi connectivity index (χ3n) is 2.24. The number of phenolic OH excluding ortho intramolecular Hbond substituents is 1. The molecule has 0 saturated carbocycles. The zero-order valence-electron chi connectivity index (χ0n) is 8.00. The Morgan fingerprint density at radius 2 is 2.14 bits per heavy atom. The highest BCUT2D eigenvalue weighted by Gasteiger charge is 2.14. The first-order chi connectivity index (χ1) is 6.57. The number of aliphatic hydroxyl groups excluding tert-OH is 1. The van der Waals surface area contributed by atoms with Crippen molar-refractivity contribution in [3.8, 4) is 5.75 Å². The maximum atomic E-state index is 13.0. The van der Waals surface area contributed by atoms with Crippen LogP contribution in [-0.4, -0.2) is 16.8 Å². The zero-order valence-corrected chi connectivity index (χ0v) is 8.00. The Morgan fingerprint density at radius 1 is 1.50 bits per heavy atom. The molecule has 14 heavy (non-hydrogen) atoms. The number of halogens is 1. The lowest BCUT2D eigenvalue weighted by molar-refractivity contribution is 0.275. The molecule has 78 valence electrons. The van der Waals surface area contributed by atoms with Crippen LogP contribution in [0.4, 0.5) is 4.39 Å². The van der Waals surface area contributed by atoms with Gasteiger partial charge in [-0.15, -0.1) is 0 Å². The Labute approximate surface area is 82.0 Å². The number of aromatic hydroxyl groups is 1. The van der Waals surface area contributed by atoms with E-state index in [2.05, 4.69) is 0 Å². The quantitative estimate of drug-likeness (QED) is 0.685. The Balaban J connectivity index is 3.04. The van der Waals surface area contributed by atoms with Gasteiger partial charge < -0.3 is 15.9 Å². The van der Waals surface area contributed by atoms with E-state index in [1.54, 1.807) is 0 Å². The third-order valence-corrected chi connectivity index (χ3v) is 2.24. The minimum absolute atomic E-state index is 0.0585. The van der Waals surface area contributed by atoms with E-state index in [1.165, 1.54) is 19.1 Å². The van der Waals surface area contributed by atoms with Crippen molar-refractivity contribution in [2.45, 2.75) is 19.4 Å². The molecule has 0 saturated heterocycles. The molecule has 1 aromatic rings. The van der Waals surface area contributed by atoms with Crippen molar-refractivity contribution < 1.29 is 14.6 Å². The number of aliphatic hydroxyl groups is 1. The zero-order chi connectivity index (χ0) is 10.7. The molecule has 0 unspecified atom stereocenters. The van der Waals surface area contributed by atoms with Gasteiger partial charge in [-0.1, -0.05) is 6.07 Å². The largest absolute Gasteiger partial charge is 0.507 e. The minimum Gasteiger partial charge on any atom is -0.507 e. The second-order valence-electron chi connectivity index (χ2n) is 3.23. The topological polar surface area (TPSA) is 66.5 Å². The molecule has 4 heteroatoms. The van der Waals surface area contributed by atoms with Gasteiger partial charge in [0, 0.05) is 23.8 Å². The van der Waals surface area contributed by atoms with Gasteiger partial charge in [-0.05, 0) is 19.4 Å². The Bertz CT molecular complexity index is 328. The summed E-state index contributed by atoms with van der Waals surface area (Å²) in [5, 5.41) is 18.3. The van der Waals surface area contributed by atoms with Crippen molar-refractivity contribution in [1.29, 1.82) is 0 Å². The second-order valence-corrected chi connectivity index (χ2v) is 3.23. The van der Waals surface area contributed by atoms with Gasteiger partial charge in [0.2, 0.25) is 0 Å². The smallest absolute Gasteiger partial charge is 0.129 e. The lowest BCUT2D eigenvalue weighted by atomic mass is 10.0. The van der Waals surface area contributed by atoms with E-state index in [0.717, 1.165) is 0 Å². The van der Waals surface area contributed by atoms with Crippen LogP contribution in [0.2, 0.25) is 0 Å². The van der Waals surface area contributed by atoms with Crippen LogP contribution in [-0.2, 0) is 0 Å². The van der Waals surface area contributed by atoms with Crippen molar-refractivity contribution in [2.24, 2.45) is 5.73 Å². The molecule has 0 radical (unpaired) electrons. The van der Waals surface area contributed by atoms with Crippen LogP contribution in [0.25, 0.3) is 0 Å². The number of hydrogen-bond donors (Lipinski definition) is 3. The fourth-order valence-corrected chi connectivity index (χ4v) is 1.29. The molecule has 0 aliphatic carbocycles. The van der Waals surface area contributed by atoms with Crippen LogP contribution in [0, 0.1) is 12.7 Å². The van der Waals surface area contributed by atoms with E-state index in [1.807, 2.05) is 0 Å². The van der Waals surface area contributed by atoms with E-state index < -0.39 is 11.9 Å². The maximum absolute atomic E-state index is 13.0. The number of hydrogen-bond acceptors (Lipinski definition) is 3. The summed E-state index contributed by atoms with van der Waals surface area (Å²) >= 11 is 0. The summed E-state index contributed by atoms with van der Waals surface area (Å²) < 4.78 is 13.0. The fourth-order valence-electron chi connectivity index (χ4n) is 1.29. The molecule has 1 aromatic carbocycles. The van der Waals surface area contributed by atoms with Gasteiger partial charge in [-0.25, -0.2) is 4.39 Å². The molecule has 1 atom stereocenters. The van der Waals surface area contributed by atoms with E-state index in [9.17, 15) is 9.50 Å². The SMILES string of the molecule is Cc1c(F)ccc([C@@H](N)CCO)c1O. The van der Waals surface area contributed by atoms with E-state index in [4.69, 9.17) is 10.8 Å². The van der Waals surface area contributed by atoms with Crippen LogP contribution in [0.1, 0.15) is 23.6 Å². The minimum atomic E-state index is -0.459. The monoisotopic (exact) mass is 199 g/mol. The van der Waals surface area contributed by atoms with Crippen molar-refractivity contribution in [2.75, 3.05) is 6.61 Å². The van der Waals surface area contributed by atoms with E-state index >= 15 is 0 Å². The number of rotatable bonds is 3. The summed E-state index contributed by atoms with van der Waals surface area (Å²) in [6, 6.07) is 2.25. The molecule has 3 nitrogen and oxygen atoms in total. The molecular formula is C10H14FNO2. The predicted octanol–water partition coefficient (Wildman–Crippen LogP) is 1.22. The van der Waals surface area contributed by atoms with Crippen LogP contribution in [0.3, 0.4) is 0 Å². The standard InChI is InChI=1S/C10H14FNO2/c1-6-8(11)3-2-7(10(6)14)9(12)4-5-13/h2-3,9,13-14H,4-5,12H2,1H3/t9-/m0/s1. The molecule has 0 aliphatic heterocycles. The van der Waals surface area contributed by atoms with E-state index in [0.29, 0.717) is 12.0 Å². The fraction of sp³-hybridized carbons (Fsp3) is 0.400. The molecular weight excluding hydrogens is 185 g/mol. The van der Waals surface area contributed by atoms with Gasteiger partial charge in [0.05, 0.1) is 0 Å². The van der Waals surface area contributed by atoms with Gasteiger partial charge in [0.15, 0.2) is 0 Å². The predicted molar refractivity (Wildman–Crippen MR) is 51.4 cm³/mol. The molecule has 0 fully saturated rings. The summed E-state index contributed by atoms with van der Waals surface area (Å²) in [7, 11) is 0.